The van der Waals surface area contributed by atoms with E-state index < -0.39 is 0 Å². The Labute approximate surface area is 110 Å². The summed E-state index contributed by atoms with van der Waals surface area (Å²) in [5.41, 5.74) is 2.64. The molecule has 1 amide bonds. The van der Waals surface area contributed by atoms with Crippen LogP contribution < -0.4 is 0 Å². The number of hydrogen-bond acceptors (Lipinski definition) is 1. The highest BCUT2D eigenvalue weighted by Gasteiger charge is 2.13. The third-order valence-corrected chi connectivity index (χ3v) is 2.93. The topological polar surface area (TPSA) is 20.3 Å². The lowest BCUT2D eigenvalue weighted by Gasteiger charge is -2.20. The van der Waals surface area contributed by atoms with E-state index in [0.29, 0.717) is 6.54 Å². The van der Waals surface area contributed by atoms with Crippen molar-refractivity contribution in [1.82, 2.24) is 4.90 Å². The fourth-order valence-corrected chi connectivity index (χ4v) is 1.73. The zero-order chi connectivity index (χ0) is 13.8. The molecule has 0 aromatic heterocycles. The highest BCUT2D eigenvalue weighted by Crippen LogP contribution is 2.22. The Morgan fingerprint density at radius 2 is 1.78 bits per heavy atom. The monoisotopic (exact) mass is 245 g/mol. The van der Waals surface area contributed by atoms with Gasteiger partial charge < -0.3 is 4.90 Å². The van der Waals surface area contributed by atoms with Crippen molar-refractivity contribution >= 4 is 5.91 Å². The average molecular weight is 245 g/mol. The minimum absolute atomic E-state index is 0.0393. The average Bonchev–Trinajstić information content (AvgIpc) is 2.28. The fraction of sp³-hybridized carbons (Fsp3) is 0.438. The van der Waals surface area contributed by atoms with Crippen molar-refractivity contribution in [3.8, 4) is 0 Å². The van der Waals surface area contributed by atoms with E-state index >= 15 is 0 Å². The third-order valence-electron chi connectivity index (χ3n) is 2.93. The normalized spacial score (nSPS) is 11.8. The van der Waals surface area contributed by atoms with Gasteiger partial charge in [-0.05, 0) is 29.5 Å². The van der Waals surface area contributed by atoms with Crippen LogP contribution in [0.4, 0.5) is 0 Å². The lowest BCUT2D eigenvalue weighted by atomic mass is 9.87. The summed E-state index contributed by atoms with van der Waals surface area (Å²) in [6.07, 6.45) is 3.35. The SMILES string of the molecule is C/C=C\C(=O)N(C)Cc1ccc(C(C)(C)C)cc1. The Morgan fingerprint density at radius 3 is 2.22 bits per heavy atom. The van der Waals surface area contributed by atoms with Crippen LogP contribution in [0.3, 0.4) is 0 Å². The Balaban J connectivity index is 2.73. The zero-order valence-corrected chi connectivity index (χ0v) is 12.0. The zero-order valence-electron chi connectivity index (χ0n) is 12.0. The molecule has 1 rings (SSSR count). The second-order valence-electron chi connectivity index (χ2n) is 5.64. The van der Waals surface area contributed by atoms with E-state index in [2.05, 4.69) is 45.0 Å². The smallest absolute Gasteiger partial charge is 0.246 e. The van der Waals surface area contributed by atoms with Crippen molar-refractivity contribution in [2.75, 3.05) is 7.05 Å². The molecule has 0 unspecified atom stereocenters. The first-order chi connectivity index (χ1) is 8.34. The van der Waals surface area contributed by atoms with Crippen LogP contribution in [0.1, 0.15) is 38.8 Å². The fourth-order valence-electron chi connectivity index (χ4n) is 1.73. The first kappa shape index (κ1) is 14.5. The van der Waals surface area contributed by atoms with E-state index in [-0.39, 0.29) is 11.3 Å². The highest BCUT2D eigenvalue weighted by molar-refractivity contribution is 5.87. The molecule has 0 aliphatic rings. The van der Waals surface area contributed by atoms with Crippen molar-refractivity contribution in [1.29, 1.82) is 0 Å². The van der Waals surface area contributed by atoms with Gasteiger partial charge in [0.1, 0.15) is 0 Å². The van der Waals surface area contributed by atoms with Crippen molar-refractivity contribution in [3.05, 3.63) is 47.5 Å². The Hall–Kier alpha value is -1.57. The number of amides is 1. The summed E-state index contributed by atoms with van der Waals surface area (Å²) in [5.74, 6) is 0.0393. The summed E-state index contributed by atoms with van der Waals surface area (Å²) in [6, 6.07) is 8.48. The van der Waals surface area contributed by atoms with E-state index in [1.54, 1.807) is 17.1 Å². The Kier molecular flexibility index (Phi) is 4.71. The number of likely N-dealkylation sites (N-methyl/N-ethyl adjacent to an activating group) is 1. The van der Waals surface area contributed by atoms with Crippen LogP contribution in [-0.2, 0) is 16.8 Å². The standard InChI is InChI=1S/C16H23NO/c1-6-7-15(18)17(5)12-13-8-10-14(11-9-13)16(2,3)4/h6-11H,12H2,1-5H3/b7-6-. The van der Waals surface area contributed by atoms with E-state index in [0.717, 1.165) is 5.56 Å². The molecule has 0 fully saturated rings. The van der Waals surface area contributed by atoms with Gasteiger partial charge in [-0.1, -0.05) is 51.1 Å². The molecule has 0 bridgehead atoms. The van der Waals surface area contributed by atoms with Crippen LogP contribution in [0.2, 0.25) is 0 Å². The number of carbonyl (C=O) groups excluding carboxylic acids is 1. The molecule has 18 heavy (non-hydrogen) atoms. The van der Waals surface area contributed by atoms with Crippen molar-refractivity contribution < 1.29 is 4.79 Å². The third kappa shape index (κ3) is 4.02. The molecule has 2 heteroatoms. The number of benzene rings is 1. The lowest BCUT2D eigenvalue weighted by Crippen LogP contribution is -2.24. The van der Waals surface area contributed by atoms with Crippen LogP contribution >= 0.6 is 0 Å². The maximum absolute atomic E-state index is 11.6. The largest absolute Gasteiger partial charge is 0.338 e. The predicted molar refractivity (Wildman–Crippen MR) is 76.4 cm³/mol. The van der Waals surface area contributed by atoms with Gasteiger partial charge in [0.2, 0.25) is 5.91 Å². The van der Waals surface area contributed by atoms with Gasteiger partial charge in [-0.3, -0.25) is 4.79 Å². The van der Waals surface area contributed by atoms with Gasteiger partial charge in [0, 0.05) is 13.6 Å². The molecule has 1 aromatic rings. The van der Waals surface area contributed by atoms with E-state index in [1.807, 2.05) is 14.0 Å². The molecule has 0 saturated heterocycles. The molecule has 0 N–H and O–H groups in total. The first-order valence-electron chi connectivity index (χ1n) is 6.32. The Morgan fingerprint density at radius 1 is 1.22 bits per heavy atom. The maximum Gasteiger partial charge on any atom is 0.246 e. The minimum Gasteiger partial charge on any atom is -0.338 e. The molecule has 0 saturated carbocycles. The van der Waals surface area contributed by atoms with Gasteiger partial charge in [0.15, 0.2) is 0 Å². The first-order valence-corrected chi connectivity index (χ1v) is 6.32. The van der Waals surface area contributed by atoms with Crippen LogP contribution in [0.5, 0.6) is 0 Å². The minimum atomic E-state index is 0.0393. The second kappa shape index (κ2) is 5.85. The van der Waals surface area contributed by atoms with Gasteiger partial charge in [0.05, 0.1) is 0 Å². The lowest BCUT2D eigenvalue weighted by molar-refractivity contribution is -0.125. The predicted octanol–water partition coefficient (Wildman–Crippen LogP) is 3.52. The summed E-state index contributed by atoms with van der Waals surface area (Å²) < 4.78 is 0. The van der Waals surface area contributed by atoms with Crippen molar-refractivity contribution in [2.45, 2.75) is 39.7 Å². The molecule has 0 atom stereocenters. The van der Waals surface area contributed by atoms with E-state index in [1.165, 1.54) is 5.56 Å². The molecular weight excluding hydrogens is 222 g/mol. The van der Waals surface area contributed by atoms with Gasteiger partial charge in [-0.25, -0.2) is 0 Å². The molecule has 0 radical (unpaired) electrons. The van der Waals surface area contributed by atoms with E-state index in [4.69, 9.17) is 0 Å². The molecular formula is C16H23NO. The number of nitrogens with zero attached hydrogens (tertiary/aromatic N) is 1. The van der Waals surface area contributed by atoms with Crippen LogP contribution in [0.15, 0.2) is 36.4 Å². The quantitative estimate of drug-likeness (QED) is 0.746. The maximum atomic E-state index is 11.6. The molecule has 0 spiro atoms. The molecule has 0 aliphatic carbocycles. The summed E-state index contributed by atoms with van der Waals surface area (Å²) in [4.78, 5) is 13.3. The summed E-state index contributed by atoms with van der Waals surface area (Å²) in [6.45, 7) is 9.09. The van der Waals surface area contributed by atoms with Gasteiger partial charge in [-0.2, -0.15) is 0 Å². The summed E-state index contributed by atoms with van der Waals surface area (Å²) in [7, 11) is 1.82. The second-order valence-corrected chi connectivity index (χ2v) is 5.64. The number of allylic oxidation sites excluding steroid dienone is 1. The molecule has 1 aromatic carbocycles. The number of hydrogen-bond donors (Lipinski definition) is 0. The summed E-state index contributed by atoms with van der Waals surface area (Å²) in [5, 5.41) is 0. The van der Waals surface area contributed by atoms with Gasteiger partial charge in [-0.15, -0.1) is 0 Å². The molecule has 98 valence electrons. The van der Waals surface area contributed by atoms with Crippen molar-refractivity contribution in [3.63, 3.8) is 0 Å². The summed E-state index contributed by atoms with van der Waals surface area (Å²) >= 11 is 0. The van der Waals surface area contributed by atoms with Gasteiger partial charge >= 0.3 is 0 Å². The van der Waals surface area contributed by atoms with Crippen LogP contribution in [-0.4, -0.2) is 17.9 Å². The number of rotatable bonds is 3. The molecule has 2 nitrogen and oxygen atoms in total. The van der Waals surface area contributed by atoms with Gasteiger partial charge in [0.25, 0.3) is 0 Å². The molecule has 0 heterocycles. The van der Waals surface area contributed by atoms with Crippen molar-refractivity contribution in [2.24, 2.45) is 0 Å². The highest BCUT2D eigenvalue weighted by atomic mass is 16.2. The van der Waals surface area contributed by atoms with Crippen LogP contribution in [0.25, 0.3) is 0 Å². The Bertz CT molecular complexity index is 423. The van der Waals surface area contributed by atoms with E-state index in [9.17, 15) is 4.79 Å². The molecule has 0 aliphatic heterocycles. The number of carbonyl (C=O) groups is 1. The van der Waals surface area contributed by atoms with Crippen LogP contribution in [0, 0.1) is 0 Å².